The van der Waals surface area contributed by atoms with Gasteiger partial charge >= 0.3 is 5.97 Å². The lowest BCUT2D eigenvalue weighted by Crippen LogP contribution is -2.29. The predicted molar refractivity (Wildman–Crippen MR) is 121 cm³/mol. The summed E-state index contributed by atoms with van der Waals surface area (Å²) in [6.07, 6.45) is 14.9. The first-order chi connectivity index (χ1) is 14.6. The third-order valence-corrected chi connectivity index (χ3v) is 7.14. The van der Waals surface area contributed by atoms with Crippen LogP contribution in [0, 0.1) is 41.4 Å². The van der Waals surface area contributed by atoms with Crippen molar-refractivity contribution in [2.45, 2.75) is 84.0 Å². The molecule has 1 unspecified atom stereocenters. The number of aliphatic hydroxyl groups is 2. The summed E-state index contributed by atoms with van der Waals surface area (Å²) >= 11 is 0. The SMILES string of the molecule is C=C(CO)C(=O)OCC(CO)C1CCC(C#CC2CCC(CCCCC)CC2)CC1. The van der Waals surface area contributed by atoms with Crippen molar-refractivity contribution in [3.63, 3.8) is 0 Å². The molecule has 0 amide bonds. The minimum absolute atomic E-state index is 0.0153. The Morgan fingerprint density at radius 3 is 2.13 bits per heavy atom. The fourth-order valence-electron chi connectivity index (χ4n) is 4.94. The van der Waals surface area contributed by atoms with Crippen LogP contribution in [0.3, 0.4) is 0 Å². The molecule has 0 radical (unpaired) electrons. The number of unbranched alkanes of at least 4 members (excludes halogenated alkanes) is 2. The Labute approximate surface area is 183 Å². The summed E-state index contributed by atoms with van der Waals surface area (Å²) in [5.74, 6) is 8.91. The Morgan fingerprint density at radius 1 is 1.00 bits per heavy atom. The Balaban J connectivity index is 1.68. The van der Waals surface area contributed by atoms with E-state index in [1.807, 2.05) is 0 Å². The molecule has 4 nitrogen and oxygen atoms in total. The molecule has 0 aliphatic heterocycles. The molecule has 4 heteroatoms. The molecule has 30 heavy (non-hydrogen) atoms. The molecule has 2 rings (SSSR count). The molecule has 0 heterocycles. The average molecular weight is 419 g/mol. The molecule has 2 N–H and O–H groups in total. The summed E-state index contributed by atoms with van der Waals surface area (Å²) in [6.45, 7) is 5.56. The molecule has 2 aliphatic rings. The van der Waals surface area contributed by atoms with Crippen LogP contribution >= 0.6 is 0 Å². The van der Waals surface area contributed by atoms with Crippen molar-refractivity contribution in [1.29, 1.82) is 0 Å². The Morgan fingerprint density at radius 2 is 1.60 bits per heavy atom. The van der Waals surface area contributed by atoms with Crippen molar-refractivity contribution in [3.8, 4) is 11.8 Å². The maximum Gasteiger partial charge on any atom is 0.335 e. The van der Waals surface area contributed by atoms with E-state index < -0.39 is 12.6 Å². The largest absolute Gasteiger partial charge is 0.462 e. The molecule has 1 atom stereocenters. The van der Waals surface area contributed by atoms with Crippen molar-refractivity contribution >= 4 is 5.97 Å². The Hall–Kier alpha value is -1.31. The minimum atomic E-state index is -0.574. The van der Waals surface area contributed by atoms with Gasteiger partial charge in [-0.1, -0.05) is 51.0 Å². The molecule has 2 saturated carbocycles. The molecular weight excluding hydrogens is 376 g/mol. The van der Waals surface area contributed by atoms with Gasteiger partial charge in [0.1, 0.15) is 0 Å². The average Bonchev–Trinajstić information content (AvgIpc) is 2.79. The van der Waals surface area contributed by atoms with Crippen LogP contribution in [-0.2, 0) is 9.53 Å². The van der Waals surface area contributed by atoms with Gasteiger partial charge in [-0.05, 0) is 63.2 Å². The molecule has 0 saturated heterocycles. The Bertz CT molecular complexity index is 572. The quantitative estimate of drug-likeness (QED) is 0.230. The van der Waals surface area contributed by atoms with Crippen LogP contribution in [0.25, 0.3) is 0 Å². The number of esters is 1. The van der Waals surface area contributed by atoms with Crippen LogP contribution < -0.4 is 0 Å². The lowest BCUT2D eigenvalue weighted by atomic mass is 9.76. The standard InChI is InChI=1S/C26H42O4/c1-3-4-5-6-21-7-9-22(10-8-21)11-12-23-13-15-24(16-14-23)25(18-28)19-30-26(29)20(2)17-27/h21-25,27-28H,2-10,13-19H2,1H3. The van der Waals surface area contributed by atoms with Gasteiger partial charge in [-0.25, -0.2) is 4.79 Å². The highest BCUT2D eigenvalue weighted by atomic mass is 16.5. The summed E-state index contributed by atoms with van der Waals surface area (Å²) < 4.78 is 5.21. The van der Waals surface area contributed by atoms with E-state index in [9.17, 15) is 9.90 Å². The topological polar surface area (TPSA) is 66.8 Å². The summed E-state index contributed by atoms with van der Waals surface area (Å²) in [6, 6.07) is 0. The molecule has 0 bridgehead atoms. The van der Waals surface area contributed by atoms with E-state index in [4.69, 9.17) is 9.84 Å². The van der Waals surface area contributed by atoms with Crippen LogP contribution in [0.4, 0.5) is 0 Å². The fraction of sp³-hybridized carbons (Fsp3) is 0.808. The van der Waals surface area contributed by atoms with E-state index in [1.54, 1.807) is 0 Å². The van der Waals surface area contributed by atoms with Gasteiger partial charge in [0.2, 0.25) is 0 Å². The molecule has 0 spiro atoms. The van der Waals surface area contributed by atoms with Gasteiger partial charge in [-0.2, -0.15) is 0 Å². The number of aliphatic hydroxyl groups excluding tert-OH is 2. The van der Waals surface area contributed by atoms with Crippen molar-refractivity contribution in [2.75, 3.05) is 19.8 Å². The van der Waals surface area contributed by atoms with Gasteiger partial charge in [-0.3, -0.25) is 0 Å². The maximum absolute atomic E-state index is 11.7. The van der Waals surface area contributed by atoms with Crippen molar-refractivity contribution in [1.82, 2.24) is 0 Å². The highest BCUT2D eigenvalue weighted by Gasteiger charge is 2.28. The van der Waals surface area contributed by atoms with Crippen molar-refractivity contribution < 1.29 is 19.7 Å². The number of hydrogen-bond donors (Lipinski definition) is 2. The van der Waals surface area contributed by atoms with Gasteiger partial charge in [0.15, 0.2) is 0 Å². The number of carbonyl (C=O) groups is 1. The van der Waals surface area contributed by atoms with Crippen molar-refractivity contribution in [2.24, 2.45) is 29.6 Å². The zero-order chi connectivity index (χ0) is 21.8. The van der Waals surface area contributed by atoms with Gasteiger partial charge < -0.3 is 14.9 Å². The second kappa shape index (κ2) is 13.9. The van der Waals surface area contributed by atoms with Crippen LogP contribution in [0.15, 0.2) is 12.2 Å². The van der Waals surface area contributed by atoms with E-state index in [0.717, 1.165) is 31.6 Å². The van der Waals surface area contributed by atoms with E-state index in [1.165, 1.54) is 51.4 Å². The number of ether oxygens (including phenoxy) is 1. The second-order valence-corrected chi connectivity index (χ2v) is 9.42. The molecule has 2 aliphatic carbocycles. The van der Waals surface area contributed by atoms with Crippen LogP contribution in [0.2, 0.25) is 0 Å². The van der Waals surface area contributed by atoms with E-state index in [0.29, 0.717) is 17.8 Å². The second-order valence-electron chi connectivity index (χ2n) is 9.42. The first kappa shape index (κ1) is 25.0. The molecule has 2 fully saturated rings. The van der Waals surface area contributed by atoms with Gasteiger partial charge in [0.25, 0.3) is 0 Å². The smallest absolute Gasteiger partial charge is 0.335 e. The maximum atomic E-state index is 11.7. The first-order valence-corrected chi connectivity index (χ1v) is 12.1. The minimum Gasteiger partial charge on any atom is -0.462 e. The lowest BCUT2D eigenvalue weighted by molar-refractivity contribution is -0.142. The molecule has 0 aromatic carbocycles. The monoisotopic (exact) mass is 418 g/mol. The molecular formula is C26H42O4. The number of carbonyl (C=O) groups excluding carboxylic acids is 1. The third kappa shape index (κ3) is 8.44. The van der Waals surface area contributed by atoms with Crippen LogP contribution in [0.5, 0.6) is 0 Å². The number of rotatable bonds is 10. The Kier molecular flexibility index (Phi) is 11.6. The van der Waals surface area contributed by atoms with Crippen molar-refractivity contribution in [3.05, 3.63) is 12.2 Å². The molecule has 0 aromatic rings. The van der Waals surface area contributed by atoms with E-state index in [2.05, 4.69) is 25.3 Å². The van der Waals surface area contributed by atoms with Gasteiger partial charge in [0.05, 0.1) is 18.8 Å². The third-order valence-electron chi connectivity index (χ3n) is 7.14. The zero-order valence-corrected chi connectivity index (χ0v) is 18.9. The predicted octanol–water partition coefficient (Wildman–Crippen LogP) is 4.88. The zero-order valence-electron chi connectivity index (χ0n) is 18.9. The summed E-state index contributed by atoms with van der Waals surface area (Å²) in [5.41, 5.74) is 0.0562. The summed E-state index contributed by atoms with van der Waals surface area (Å²) in [5, 5.41) is 18.7. The van der Waals surface area contributed by atoms with Crippen LogP contribution in [-0.4, -0.2) is 36.0 Å². The molecule has 170 valence electrons. The van der Waals surface area contributed by atoms with Gasteiger partial charge in [0, 0.05) is 24.4 Å². The van der Waals surface area contributed by atoms with Gasteiger partial charge in [-0.15, -0.1) is 0 Å². The van der Waals surface area contributed by atoms with E-state index in [-0.39, 0.29) is 24.7 Å². The first-order valence-electron chi connectivity index (χ1n) is 12.1. The number of hydrogen-bond acceptors (Lipinski definition) is 4. The van der Waals surface area contributed by atoms with E-state index >= 15 is 0 Å². The highest BCUT2D eigenvalue weighted by Crippen LogP contribution is 2.35. The fourth-order valence-corrected chi connectivity index (χ4v) is 4.94. The van der Waals surface area contributed by atoms with Crippen LogP contribution in [0.1, 0.15) is 84.0 Å². The normalized spacial score (nSPS) is 27.6. The molecule has 0 aromatic heterocycles. The summed E-state index contributed by atoms with van der Waals surface area (Å²) in [4.78, 5) is 11.7. The lowest BCUT2D eigenvalue weighted by Gasteiger charge is -2.31. The summed E-state index contributed by atoms with van der Waals surface area (Å²) in [7, 11) is 0. The highest BCUT2D eigenvalue weighted by molar-refractivity contribution is 5.87.